The minimum atomic E-state index is 0.128. The van der Waals surface area contributed by atoms with Crippen LogP contribution in [0.4, 0.5) is 0 Å². The summed E-state index contributed by atoms with van der Waals surface area (Å²) in [7, 11) is 0. The Morgan fingerprint density at radius 1 is 0.958 bits per heavy atom. The molecule has 0 aromatic heterocycles. The Morgan fingerprint density at radius 2 is 1.71 bits per heavy atom. The summed E-state index contributed by atoms with van der Waals surface area (Å²) < 4.78 is 0. The summed E-state index contributed by atoms with van der Waals surface area (Å²) in [5.41, 5.74) is 5.25. The molecular weight excluding hydrogens is 334 g/mol. The standard InChI is InChI=1S/C20H25NOS2/c1-16-7-9-18(10-8-16)13-24-15-20(22)21-11-12-23-14-19-6-4-3-5-17(19)2/h3-10H,11-15H2,1-2H3,(H,21,22). The number of hydrogen-bond donors (Lipinski definition) is 1. The van der Waals surface area contributed by atoms with E-state index >= 15 is 0 Å². The molecule has 0 unspecified atom stereocenters. The number of rotatable bonds is 9. The largest absolute Gasteiger partial charge is 0.355 e. The lowest BCUT2D eigenvalue weighted by Crippen LogP contribution is -2.27. The molecule has 2 rings (SSSR count). The van der Waals surface area contributed by atoms with Crippen LogP contribution in [0.2, 0.25) is 0 Å². The SMILES string of the molecule is Cc1ccc(CSCC(=O)NCCSCc2ccccc2C)cc1. The fraction of sp³-hybridized carbons (Fsp3) is 0.350. The first kappa shape index (κ1) is 18.9. The highest BCUT2D eigenvalue weighted by molar-refractivity contribution is 7.99. The average Bonchev–Trinajstić information content (AvgIpc) is 2.58. The molecular formula is C20H25NOS2. The zero-order valence-electron chi connectivity index (χ0n) is 14.4. The number of benzene rings is 2. The molecule has 0 aliphatic heterocycles. The summed E-state index contributed by atoms with van der Waals surface area (Å²) in [5.74, 6) is 3.49. The molecule has 0 aliphatic rings. The van der Waals surface area contributed by atoms with Crippen LogP contribution in [0.1, 0.15) is 22.3 Å². The first-order chi connectivity index (χ1) is 11.6. The van der Waals surface area contributed by atoms with Gasteiger partial charge in [0.15, 0.2) is 0 Å². The Bertz CT molecular complexity index is 640. The van der Waals surface area contributed by atoms with Gasteiger partial charge in [-0.15, -0.1) is 11.8 Å². The van der Waals surface area contributed by atoms with Gasteiger partial charge in [0, 0.05) is 23.8 Å². The predicted molar refractivity (Wildman–Crippen MR) is 108 cm³/mol. The number of nitrogens with one attached hydrogen (secondary N) is 1. The van der Waals surface area contributed by atoms with Gasteiger partial charge in [0.2, 0.25) is 5.91 Å². The summed E-state index contributed by atoms with van der Waals surface area (Å²) in [4.78, 5) is 11.8. The second-order valence-electron chi connectivity index (χ2n) is 5.81. The van der Waals surface area contributed by atoms with Crippen molar-refractivity contribution < 1.29 is 4.79 Å². The predicted octanol–water partition coefficient (Wildman–Crippen LogP) is 4.59. The van der Waals surface area contributed by atoms with Crippen molar-refractivity contribution in [1.82, 2.24) is 5.32 Å². The van der Waals surface area contributed by atoms with Crippen LogP contribution in [0.25, 0.3) is 0 Å². The Hall–Kier alpha value is -1.39. The molecule has 1 N–H and O–H groups in total. The second-order valence-corrected chi connectivity index (χ2v) is 7.90. The first-order valence-electron chi connectivity index (χ1n) is 8.17. The van der Waals surface area contributed by atoms with E-state index in [4.69, 9.17) is 0 Å². The summed E-state index contributed by atoms with van der Waals surface area (Å²) in [5, 5.41) is 3.00. The monoisotopic (exact) mass is 359 g/mol. The smallest absolute Gasteiger partial charge is 0.230 e. The van der Waals surface area contributed by atoms with Crippen LogP contribution < -0.4 is 5.32 Å². The lowest BCUT2D eigenvalue weighted by atomic mass is 10.1. The van der Waals surface area contributed by atoms with Crippen molar-refractivity contribution in [3.63, 3.8) is 0 Å². The first-order valence-corrected chi connectivity index (χ1v) is 10.5. The molecule has 0 heterocycles. The number of carbonyl (C=O) groups excluding carboxylic acids is 1. The van der Waals surface area contributed by atoms with Crippen molar-refractivity contribution in [1.29, 1.82) is 0 Å². The zero-order valence-corrected chi connectivity index (χ0v) is 16.0. The lowest BCUT2D eigenvalue weighted by molar-refractivity contribution is -0.118. The normalized spacial score (nSPS) is 10.6. The van der Waals surface area contributed by atoms with E-state index in [1.165, 1.54) is 22.3 Å². The number of amides is 1. The fourth-order valence-electron chi connectivity index (χ4n) is 2.21. The zero-order chi connectivity index (χ0) is 17.2. The van der Waals surface area contributed by atoms with Gasteiger partial charge in [-0.25, -0.2) is 0 Å². The minimum absolute atomic E-state index is 0.128. The molecule has 4 heteroatoms. The van der Waals surface area contributed by atoms with Gasteiger partial charge in [-0.1, -0.05) is 54.1 Å². The molecule has 2 aromatic carbocycles. The molecule has 0 spiro atoms. The third kappa shape index (κ3) is 7.02. The van der Waals surface area contributed by atoms with Crippen molar-refractivity contribution in [3.8, 4) is 0 Å². The highest BCUT2D eigenvalue weighted by Crippen LogP contribution is 2.15. The summed E-state index contributed by atoms with van der Waals surface area (Å²) in [6.45, 7) is 4.96. The summed E-state index contributed by atoms with van der Waals surface area (Å²) >= 11 is 3.53. The van der Waals surface area contributed by atoms with Crippen molar-refractivity contribution in [2.45, 2.75) is 25.4 Å². The van der Waals surface area contributed by atoms with Crippen LogP contribution in [-0.2, 0) is 16.3 Å². The van der Waals surface area contributed by atoms with Crippen molar-refractivity contribution in [2.24, 2.45) is 0 Å². The maximum Gasteiger partial charge on any atom is 0.230 e. The molecule has 128 valence electrons. The Labute approximate surface area is 153 Å². The van der Waals surface area contributed by atoms with Gasteiger partial charge in [-0.3, -0.25) is 4.79 Å². The van der Waals surface area contributed by atoms with E-state index in [0.717, 1.165) is 23.8 Å². The Morgan fingerprint density at radius 3 is 2.46 bits per heavy atom. The topological polar surface area (TPSA) is 29.1 Å². The molecule has 2 aromatic rings. The summed E-state index contributed by atoms with van der Waals surface area (Å²) in [6.07, 6.45) is 0. The lowest BCUT2D eigenvalue weighted by Gasteiger charge is -2.07. The van der Waals surface area contributed by atoms with Crippen LogP contribution >= 0.6 is 23.5 Å². The van der Waals surface area contributed by atoms with E-state index in [9.17, 15) is 4.79 Å². The Balaban J connectivity index is 1.53. The van der Waals surface area contributed by atoms with E-state index in [1.54, 1.807) is 11.8 Å². The van der Waals surface area contributed by atoms with Gasteiger partial charge < -0.3 is 5.32 Å². The molecule has 1 amide bonds. The number of hydrogen-bond acceptors (Lipinski definition) is 3. The molecule has 0 aliphatic carbocycles. The number of thioether (sulfide) groups is 2. The van der Waals surface area contributed by atoms with Crippen LogP contribution in [0.5, 0.6) is 0 Å². The third-order valence-electron chi connectivity index (χ3n) is 3.71. The molecule has 24 heavy (non-hydrogen) atoms. The van der Waals surface area contributed by atoms with Crippen LogP contribution in [0.15, 0.2) is 48.5 Å². The molecule has 0 saturated heterocycles. The Kier molecular flexibility index (Phi) is 8.26. The molecule has 0 radical (unpaired) electrons. The van der Waals surface area contributed by atoms with Crippen LogP contribution in [0.3, 0.4) is 0 Å². The van der Waals surface area contributed by atoms with Gasteiger partial charge in [-0.2, -0.15) is 11.8 Å². The van der Waals surface area contributed by atoms with Crippen molar-refractivity contribution >= 4 is 29.4 Å². The van der Waals surface area contributed by atoms with E-state index in [1.807, 2.05) is 11.8 Å². The second kappa shape index (κ2) is 10.5. The highest BCUT2D eigenvalue weighted by Gasteiger charge is 2.02. The van der Waals surface area contributed by atoms with Crippen LogP contribution in [-0.4, -0.2) is 24.0 Å². The van der Waals surface area contributed by atoms with Gasteiger partial charge in [0.25, 0.3) is 0 Å². The maximum absolute atomic E-state index is 11.8. The van der Waals surface area contributed by atoms with Gasteiger partial charge in [0.05, 0.1) is 5.75 Å². The summed E-state index contributed by atoms with van der Waals surface area (Å²) in [6, 6.07) is 16.9. The minimum Gasteiger partial charge on any atom is -0.355 e. The average molecular weight is 360 g/mol. The van der Waals surface area contributed by atoms with E-state index < -0.39 is 0 Å². The molecule has 0 fully saturated rings. The fourth-order valence-corrected chi connectivity index (χ4v) is 3.97. The maximum atomic E-state index is 11.8. The molecule has 2 nitrogen and oxygen atoms in total. The van der Waals surface area contributed by atoms with Gasteiger partial charge in [0.1, 0.15) is 0 Å². The highest BCUT2D eigenvalue weighted by atomic mass is 32.2. The van der Waals surface area contributed by atoms with Gasteiger partial charge in [-0.05, 0) is 30.5 Å². The van der Waals surface area contributed by atoms with Crippen LogP contribution in [0, 0.1) is 13.8 Å². The van der Waals surface area contributed by atoms with Crippen molar-refractivity contribution in [3.05, 3.63) is 70.8 Å². The molecule has 0 saturated carbocycles. The number of aryl methyl sites for hydroxylation is 2. The van der Waals surface area contributed by atoms with Crippen molar-refractivity contribution in [2.75, 3.05) is 18.1 Å². The molecule has 0 atom stereocenters. The third-order valence-corrected chi connectivity index (χ3v) is 5.72. The van der Waals surface area contributed by atoms with Gasteiger partial charge >= 0.3 is 0 Å². The van der Waals surface area contributed by atoms with E-state index in [0.29, 0.717) is 5.75 Å². The number of carbonyl (C=O) groups is 1. The quantitative estimate of drug-likeness (QED) is 0.664. The van der Waals surface area contributed by atoms with E-state index in [-0.39, 0.29) is 5.91 Å². The van der Waals surface area contributed by atoms with E-state index in [2.05, 4.69) is 67.7 Å². The molecule has 0 bridgehead atoms.